The molecule has 0 atom stereocenters. The van der Waals surface area contributed by atoms with Crippen LogP contribution in [0.5, 0.6) is 0 Å². The number of anilines is 3. The van der Waals surface area contributed by atoms with Crippen LogP contribution in [-0.4, -0.2) is 25.9 Å². The van der Waals surface area contributed by atoms with Gasteiger partial charge in [-0.1, -0.05) is 78.9 Å². The number of hydrogen-bond donors (Lipinski definition) is 1. The first kappa shape index (κ1) is 30.0. The number of nitrogens with one attached hydrogen (secondary N) is 1. The maximum atomic E-state index is 6.83. The number of fused-ring (bicyclic) bond motifs is 10. The largest absolute Gasteiger partial charge is 0.469 e. The van der Waals surface area contributed by atoms with E-state index in [0.717, 1.165) is 66.9 Å². The number of aryl methyl sites for hydroxylation is 1. The average molecular weight is 684 g/mol. The van der Waals surface area contributed by atoms with Gasteiger partial charge in [0.25, 0.3) is 0 Å². The van der Waals surface area contributed by atoms with Crippen LogP contribution in [0.4, 0.5) is 17.1 Å². The predicted octanol–water partition coefficient (Wildman–Crippen LogP) is 10.6. The molecule has 0 bridgehead atoms. The molecule has 0 radical (unpaired) electrons. The number of rotatable bonds is 5. The van der Waals surface area contributed by atoms with Crippen molar-refractivity contribution in [1.82, 2.24) is 4.57 Å². The summed E-state index contributed by atoms with van der Waals surface area (Å²) in [4.78, 5) is 2.12. The maximum absolute atomic E-state index is 6.83. The molecule has 0 fully saturated rings. The maximum Gasteiger partial charge on any atom is 0.244 e. The van der Waals surface area contributed by atoms with Gasteiger partial charge in [-0.3, -0.25) is 0 Å². The fourth-order valence-corrected chi connectivity index (χ4v) is 8.65. The van der Waals surface area contributed by atoms with Crippen LogP contribution < -0.4 is 21.3 Å². The van der Waals surface area contributed by atoms with E-state index in [0.29, 0.717) is 7.28 Å². The zero-order valence-electron chi connectivity index (χ0n) is 29.7. The van der Waals surface area contributed by atoms with Crippen LogP contribution in [-0.2, 0) is 0 Å². The summed E-state index contributed by atoms with van der Waals surface area (Å²) in [6.07, 6.45) is 0. The van der Waals surface area contributed by atoms with Crippen LogP contribution in [0.2, 0.25) is 0 Å². The normalized spacial score (nSPS) is 12.2. The quantitative estimate of drug-likeness (QED) is 0.184. The third kappa shape index (κ3) is 4.45. The third-order valence-corrected chi connectivity index (χ3v) is 11.1. The zero-order chi connectivity index (χ0) is 35.4. The lowest BCUT2D eigenvalue weighted by molar-refractivity contribution is 0.650. The Bertz CT molecular complexity index is 3100. The lowest BCUT2D eigenvalue weighted by atomic mass is 9.62. The fourth-order valence-electron chi connectivity index (χ4n) is 8.65. The second kappa shape index (κ2) is 11.2. The summed E-state index contributed by atoms with van der Waals surface area (Å²) in [7, 11) is 4.80. The van der Waals surface area contributed by atoms with Crippen molar-refractivity contribution in [1.29, 1.82) is 0 Å². The SMILES string of the molecule is Cc1cc(-c2cc3c(cc2Nc2ccc(N(C)C)cc2)oc2ccccc23)c2c3c1c1ccccc1n3-c1c(oc3ccc(-c4ccccc4)cc13)B2. The molecule has 5 nitrogen and oxygen atoms in total. The van der Waals surface area contributed by atoms with E-state index < -0.39 is 0 Å². The molecule has 0 amide bonds. The smallest absolute Gasteiger partial charge is 0.244 e. The highest BCUT2D eigenvalue weighted by molar-refractivity contribution is 6.73. The Labute approximate surface area is 306 Å². The number of furan rings is 2. The second-order valence-electron chi connectivity index (χ2n) is 14.5. The van der Waals surface area contributed by atoms with Gasteiger partial charge in [-0.25, -0.2) is 0 Å². The van der Waals surface area contributed by atoms with Gasteiger partial charge in [0, 0.05) is 69.5 Å². The Morgan fingerprint density at radius 2 is 1.36 bits per heavy atom. The summed E-state index contributed by atoms with van der Waals surface area (Å²) in [6.45, 7) is 2.26. The first-order valence-corrected chi connectivity index (χ1v) is 18.2. The minimum Gasteiger partial charge on any atom is -0.469 e. The first-order valence-electron chi connectivity index (χ1n) is 18.2. The zero-order valence-corrected chi connectivity index (χ0v) is 29.7. The average Bonchev–Trinajstić information content (AvgIpc) is 3.86. The standard InChI is InChI=1S/C47H34BN3O2/c1-27-23-36(34-25-35-32-13-8-10-16-40(32)52-42(35)26-38(34)49-30-18-20-31(21-19-30)50(2)3)44-46-43(27)33-14-7-9-15-39(33)51(46)45-37-24-29(28-11-5-4-6-12-28)17-22-41(37)53-47(45)48-44/h4-26,48-49H,1-3H3. The lowest BCUT2D eigenvalue weighted by Crippen LogP contribution is -2.36. The molecule has 4 heterocycles. The first-order chi connectivity index (χ1) is 26.0. The van der Waals surface area contributed by atoms with Gasteiger partial charge in [0.05, 0.1) is 22.6 Å². The van der Waals surface area contributed by atoms with Crippen molar-refractivity contribution in [3.8, 4) is 27.9 Å². The Hall–Kier alpha value is -6.66. The molecule has 0 spiro atoms. The second-order valence-corrected chi connectivity index (χ2v) is 14.5. The number of aromatic nitrogens is 1. The highest BCUT2D eigenvalue weighted by Gasteiger charge is 2.32. The molecular weight excluding hydrogens is 649 g/mol. The lowest BCUT2D eigenvalue weighted by Gasteiger charge is -2.22. The summed E-state index contributed by atoms with van der Waals surface area (Å²) >= 11 is 0. The monoisotopic (exact) mass is 683 g/mol. The van der Waals surface area contributed by atoms with Crippen LogP contribution in [0.1, 0.15) is 5.56 Å². The summed E-state index contributed by atoms with van der Waals surface area (Å²) in [5.74, 6) is 0. The fraction of sp³-hybridized carbons (Fsp3) is 0.0638. The van der Waals surface area contributed by atoms with E-state index in [1.165, 1.54) is 49.5 Å². The van der Waals surface area contributed by atoms with Gasteiger partial charge in [-0.05, 0) is 89.2 Å². The molecule has 3 aromatic heterocycles. The number of benzene rings is 7. The van der Waals surface area contributed by atoms with Crippen molar-refractivity contribution >= 4 is 90.2 Å². The van der Waals surface area contributed by atoms with Gasteiger partial charge in [0.2, 0.25) is 7.28 Å². The van der Waals surface area contributed by atoms with Crippen LogP contribution in [0.25, 0.3) is 82.7 Å². The summed E-state index contributed by atoms with van der Waals surface area (Å²) in [5, 5.41) is 9.70. The van der Waals surface area contributed by atoms with Gasteiger partial charge in [-0.15, -0.1) is 0 Å². The molecule has 53 heavy (non-hydrogen) atoms. The molecule has 0 unspecified atom stereocenters. The van der Waals surface area contributed by atoms with Crippen LogP contribution >= 0.6 is 0 Å². The van der Waals surface area contributed by atoms with Crippen molar-refractivity contribution in [3.05, 3.63) is 145 Å². The number of para-hydroxylation sites is 2. The van der Waals surface area contributed by atoms with E-state index in [1.54, 1.807) is 0 Å². The molecule has 0 saturated heterocycles. The Morgan fingerprint density at radius 1 is 0.604 bits per heavy atom. The summed E-state index contributed by atoms with van der Waals surface area (Å²) < 4.78 is 15.8. The van der Waals surface area contributed by atoms with E-state index in [-0.39, 0.29) is 0 Å². The molecule has 1 N–H and O–H groups in total. The molecule has 6 heteroatoms. The number of nitrogens with zero attached hydrogens (tertiary/aromatic N) is 2. The van der Waals surface area contributed by atoms with Crippen LogP contribution in [0.15, 0.2) is 148 Å². The highest BCUT2D eigenvalue weighted by Crippen LogP contribution is 2.43. The van der Waals surface area contributed by atoms with Crippen molar-refractivity contribution in [2.45, 2.75) is 6.92 Å². The molecule has 7 aromatic carbocycles. The molecular formula is C47H34BN3O2. The van der Waals surface area contributed by atoms with Crippen LogP contribution in [0.3, 0.4) is 0 Å². The van der Waals surface area contributed by atoms with Crippen molar-refractivity contribution in [2.24, 2.45) is 0 Å². The Balaban J connectivity index is 1.20. The molecule has 0 aliphatic carbocycles. The minimum atomic E-state index is 0.675. The van der Waals surface area contributed by atoms with Gasteiger partial charge in [0.15, 0.2) is 0 Å². The molecule has 10 aromatic rings. The van der Waals surface area contributed by atoms with E-state index >= 15 is 0 Å². The highest BCUT2D eigenvalue weighted by atomic mass is 16.3. The van der Waals surface area contributed by atoms with Gasteiger partial charge < -0.3 is 23.6 Å². The van der Waals surface area contributed by atoms with Gasteiger partial charge in [0.1, 0.15) is 16.7 Å². The molecule has 0 saturated carbocycles. The van der Waals surface area contributed by atoms with Gasteiger partial charge >= 0.3 is 0 Å². The van der Waals surface area contributed by atoms with E-state index in [2.05, 4.69) is 163 Å². The molecule has 252 valence electrons. The van der Waals surface area contributed by atoms with E-state index in [4.69, 9.17) is 8.83 Å². The van der Waals surface area contributed by atoms with Crippen molar-refractivity contribution < 1.29 is 8.83 Å². The summed E-state index contributed by atoms with van der Waals surface area (Å²) in [6, 6.07) is 49.8. The predicted molar refractivity (Wildman–Crippen MR) is 224 cm³/mol. The van der Waals surface area contributed by atoms with Crippen molar-refractivity contribution in [3.63, 3.8) is 0 Å². The molecule has 11 rings (SSSR count). The van der Waals surface area contributed by atoms with E-state index in [1.807, 2.05) is 12.1 Å². The third-order valence-electron chi connectivity index (χ3n) is 11.1. The Morgan fingerprint density at radius 3 is 2.19 bits per heavy atom. The topological polar surface area (TPSA) is 46.5 Å². The van der Waals surface area contributed by atoms with E-state index in [9.17, 15) is 0 Å². The van der Waals surface area contributed by atoms with Gasteiger partial charge in [-0.2, -0.15) is 0 Å². The Kier molecular flexibility index (Phi) is 6.33. The van der Waals surface area contributed by atoms with Crippen LogP contribution in [0, 0.1) is 6.92 Å². The van der Waals surface area contributed by atoms with Crippen molar-refractivity contribution in [2.75, 3.05) is 24.3 Å². The number of hydrogen-bond acceptors (Lipinski definition) is 4. The molecule has 1 aliphatic heterocycles. The minimum absolute atomic E-state index is 0.675. The molecule has 1 aliphatic rings. The summed E-state index contributed by atoms with van der Waals surface area (Å²) in [5.41, 5.74) is 17.6.